The van der Waals surface area contributed by atoms with Crippen LogP contribution in [-0.4, -0.2) is 6.61 Å². The van der Waals surface area contributed by atoms with Gasteiger partial charge in [0.25, 0.3) is 0 Å². The molecule has 0 N–H and O–H groups in total. The molecule has 0 aliphatic carbocycles. The van der Waals surface area contributed by atoms with E-state index in [1.54, 1.807) is 0 Å². The van der Waals surface area contributed by atoms with E-state index in [9.17, 15) is 0 Å². The van der Waals surface area contributed by atoms with Crippen LogP contribution in [-0.2, 0) is 0 Å². The summed E-state index contributed by atoms with van der Waals surface area (Å²) < 4.78 is 5.54. The van der Waals surface area contributed by atoms with Crippen molar-refractivity contribution in [3.05, 3.63) is 23.3 Å². The van der Waals surface area contributed by atoms with Crippen LogP contribution in [0.3, 0.4) is 0 Å². The van der Waals surface area contributed by atoms with Crippen molar-refractivity contribution in [2.45, 2.75) is 32.1 Å². The molecule has 0 spiro atoms. The van der Waals surface area contributed by atoms with Crippen molar-refractivity contribution >= 4 is 12.6 Å². The maximum atomic E-state index is 5.54. The number of benzene rings is 1. The number of thiol groups is 1. The SMILES string of the molecule is CCCOc1cc(C)c(S)c(C)c1. The highest BCUT2D eigenvalue weighted by molar-refractivity contribution is 7.80. The van der Waals surface area contributed by atoms with Gasteiger partial charge in [-0.3, -0.25) is 0 Å². The first-order valence-corrected chi connectivity index (χ1v) is 5.03. The van der Waals surface area contributed by atoms with E-state index >= 15 is 0 Å². The minimum absolute atomic E-state index is 0.783. The molecule has 0 amide bonds. The van der Waals surface area contributed by atoms with Gasteiger partial charge in [0.2, 0.25) is 0 Å². The Balaban J connectivity index is 2.86. The highest BCUT2D eigenvalue weighted by atomic mass is 32.1. The minimum Gasteiger partial charge on any atom is -0.494 e. The molecule has 0 atom stereocenters. The quantitative estimate of drug-likeness (QED) is 0.729. The number of hydrogen-bond donors (Lipinski definition) is 1. The van der Waals surface area contributed by atoms with Crippen LogP contribution in [0, 0.1) is 13.8 Å². The fourth-order valence-corrected chi connectivity index (χ4v) is 1.35. The molecule has 1 nitrogen and oxygen atoms in total. The van der Waals surface area contributed by atoms with Gasteiger partial charge in [-0.1, -0.05) is 6.92 Å². The molecule has 0 heterocycles. The molecule has 1 rings (SSSR count). The zero-order valence-corrected chi connectivity index (χ0v) is 9.32. The van der Waals surface area contributed by atoms with E-state index in [4.69, 9.17) is 4.74 Å². The molecule has 0 saturated carbocycles. The molecule has 0 aliphatic heterocycles. The first-order chi connectivity index (χ1) is 6.15. The van der Waals surface area contributed by atoms with Gasteiger partial charge in [-0.25, -0.2) is 0 Å². The number of rotatable bonds is 3. The predicted octanol–water partition coefficient (Wildman–Crippen LogP) is 3.38. The molecular formula is C11H16OS. The highest BCUT2D eigenvalue weighted by Gasteiger charge is 2.01. The number of ether oxygens (including phenoxy) is 1. The van der Waals surface area contributed by atoms with E-state index in [2.05, 4.69) is 19.6 Å². The molecule has 1 aromatic carbocycles. The summed E-state index contributed by atoms with van der Waals surface area (Å²) in [4.78, 5) is 1.06. The van der Waals surface area contributed by atoms with Gasteiger partial charge in [0, 0.05) is 4.90 Å². The van der Waals surface area contributed by atoms with Gasteiger partial charge < -0.3 is 4.74 Å². The molecule has 1 aromatic rings. The maximum absolute atomic E-state index is 5.54. The Morgan fingerprint density at radius 3 is 2.23 bits per heavy atom. The molecule has 13 heavy (non-hydrogen) atoms. The van der Waals surface area contributed by atoms with Crippen LogP contribution >= 0.6 is 12.6 Å². The molecular weight excluding hydrogens is 180 g/mol. The summed E-state index contributed by atoms with van der Waals surface area (Å²) in [5.41, 5.74) is 2.35. The van der Waals surface area contributed by atoms with Gasteiger partial charge in [-0.2, -0.15) is 0 Å². The number of aryl methyl sites for hydroxylation is 2. The Labute approximate surface area is 85.5 Å². The molecule has 0 unspecified atom stereocenters. The topological polar surface area (TPSA) is 9.23 Å². The second kappa shape index (κ2) is 4.56. The molecule has 0 aromatic heterocycles. The second-order valence-electron chi connectivity index (χ2n) is 3.25. The molecule has 2 heteroatoms. The molecule has 0 aliphatic rings. The van der Waals surface area contributed by atoms with Gasteiger partial charge >= 0.3 is 0 Å². The van der Waals surface area contributed by atoms with Crippen molar-refractivity contribution in [2.75, 3.05) is 6.61 Å². The van der Waals surface area contributed by atoms with Crippen molar-refractivity contribution in [3.8, 4) is 5.75 Å². The van der Waals surface area contributed by atoms with Gasteiger partial charge in [0.1, 0.15) is 5.75 Å². The van der Waals surface area contributed by atoms with Crippen LogP contribution in [0.4, 0.5) is 0 Å². The molecule has 0 saturated heterocycles. The van der Waals surface area contributed by atoms with E-state index in [1.165, 1.54) is 11.1 Å². The lowest BCUT2D eigenvalue weighted by Crippen LogP contribution is -1.96. The fourth-order valence-electron chi connectivity index (χ4n) is 1.22. The van der Waals surface area contributed by atoms with Gasteiger partial charge in [-0.05, 0) is 43.5 Å². The smallest absolute Gasteiger partial charge is 0.119 e. The Bertz CT molecular complexity index is 271. The summed E-state index contributed by atoms with van der Waals surface area (Å²) >= 11 is 4.39. The van der Waals surface area contributed by atoms with Gasteiger partial charge in [-0.15, -0.1) is 12.6 Å². The summed E-state index contributed by atoms with van der Waals surface area (Å²) in [5, 5.41) is 0. The van der Waals surface area contributed by atoms with E-state index in [1.807, 2.05) is 26.0 Å². The van der Waals surface area contributed by atoms with Crippen LogP contribution in [0.1, 0.15) is 24.5 Å². The average Bonchev–Trinajstić information content (AvgIpc) is 2.10. The van der Waals surface area contributed by atoms with Crippen molar-refractivity contribution in [3.63, 3.8) is 0 Å². The largest absolute Gasteiger partial charge is 0.494 e. The average molecular weight is 196 g/mol. The summed E-state index contributed by atoms with van der Waals surface area (Å²) in [5.74, 6) is 0.953. The first kappa shape index (κ1) is 10.5. The third-order valence-electron chi connectivity index (χ3n) is 1.94. The maximum Gasteiger partial charge on any atom is 0.119 e. The third kappa shape index (κ3) is 2.66. The van der Waals surface area contributed by atoms with E-state index in [0.717, 1.165) is 23.7 Å². The molecule has 0 bridgehead atoms. The molecule has 0 radical (unpaired) electrons. The summed E-state index contributed by atoms with van der Waals surface area (Å²) in [6.45, 7) is 6.99. The lowest BCUT2D eigenvalue weighted by atomic mass is 10.1. The van der Waals surface area contributed by atoms with Crippen LogP contribution in [0.25, 0.3) is 0 Å². The fraction of sp³-hybridized carbons (Fsp3) is 0.455. The summed E-state index contributed by atoms with van der Waals surface area (Å²) in [7, 11) is 0. The lowest BCUT2D eigenvalue weighted by molar-refractivity contribution is 0.317. The summed E-state index contributed by atoms with van der Waals surface area (Å²) in [6.07, 6.45) is 1.04. The standard InChI is InChI=1S/C11H16OS/c1-4-5-12-10-6-8(2)11(13)9(3)7-10/h6-7,13H,4-5H2,1-3H3. The second-order valence-corrected chi connectivity index (χ2v) is 3.70. The van der Waals surface area contributed by atoms with Crippen LogP contribution in [0.15, 0.2) is 17.0 Å². The summed E-state index contributed by atoms with van der Waals surface area (Å²) in [6, 6.07) is 4.07. The van der Waals surface area contributed by atoms with E-state index < -0.39 is 0 Å². The van der Waals surface area contributed by atoms with Crippen LogP contribution in [0.2, 0.25) is 0 Å². The van der Waals surface area contributed by atoms with Crippen molar-refractivity contribution in [2.24, 2.45) is 0 Å². The van der Waals surface area contributed by atoms with Gasteiger partial charge in [0.05, 0.1) is 6.61 Å². The van der Waals surface area contributed by atoms with Crippen molar-refractivity contribution in [1.82, 2.24) is 0 Å². The van der Waals surface area contributed by atoms with Crippen LogP contribution < -0.4 is 4.74 Å². The zero-order chi connectivity index (χ0) is 9.84. The van der Waals surface area contributed by atoms with E-state index in [0.29, 0.717) is 0 Å². The van der Waals surface area contributed by atoms with E-state index in [-0.39, 0.29) is 0 Å². The molecule has 72 valence electrons. The first-order valence-electron chi connectivity index (χ1n) is 4.58. The Morgan fingerprint density at radius 2 is 1.77 bits per heavy atom. The highest BCUT2D eigenvalue weighted by Crippen LogP contribution is 2.24. The minimum atomic E-state index is 0.783. The Hall–Kier alpha value is -0.630. The zero-order valence-electron chi connectivity index (χ0n) is 8.42. The van der Waals surface area contributed by atoms with Crippen LogP contribution in [0.5, 0.6) is 5.75 Å². The number of hydrogen-bond acceptors (Lipinski definition) is 2. The van der Waals surface area contributed by atoms with Crippen molar-refractivity contribution in [1.29, 1.82) is 0 Å². The predicted molar refractivity (Wildman–Crippen MR) is 59.0 cm³/mol. The van der Waals surface area contributed by atoms with Gasteiger partial charge in [0.15, 0.2) is 0 Å². The third-order valence-corrected chi connectivity index (χ3v) is 2.64. The lowest BCUT2D eigenvalue weighted by Gasteiger charge is -2.09. The monoisotopic (exact) mass is 196 g/mol. The normalized spacial score (nSPS) is 10.2. The Kier molecular flexibility index (Phi) is 3.67. The Morgan fingerprint density at radius 1 is 1.23 bits per heavy atom. The van der Waals surface area contributed by atoms with Crippen molar-refractivity contribution < 1.29 is 4.74 Å². The molecule has 0 fully saturated rings.